The number of benzene rings is 1. The number of nitriles is 1. The number of nitrogens with zero attached hydrogens (tertiary/aromatic N) is 3. The third kappa shape index (κ3) is 3.95. The topological polar surface area (TPSA) is 62.3 Å². The molecule has 0 amide bonds. The van der Waals surface area contributed by atoms with Crippen molar-refractivity contribution in [2.75, 3.05) is 18.0 Å². The Hall–Kier alpha value is -1.90. The predicted molar refractivity (Wildman–Crippen MR) is 92.7 cm³/mol. The summed E-state index contributed by atoms with van der Waals surface area (Å²) in [6.45, 7) is 1.87. The lowest BCUT2D eigenvalue weighted by molar-refractivity contribution is 0.263. The normalized spacial score (nSPS) is 15.0. The number of oxazole rings is 1. The van der Waals surface area contributed by atoms with Gasteiger partial charge in [-0.1, -0.05) is 36.0 Å². The summed E-state index contributed by atoms with van der Waals surface area (Å²) in [5, 5.41) is 10.3. The second-order valence-electron chi connectivity index (χ2n) is 5.64. The summed E-state index contributed by atoms with van der Waals surface area (Å²) in [5.74, 6) is 1.39. The van der Waals surface area contributed by atoms with Crippen LogP contribution in [0.3, 0.4) is 0 Å². The lowest BCUT2D eigenvalue weighted by Crippen LogP contribution is -2.24. The summed E-state index contributed by atoms with van der Waals surface area (Å²) < 4.78 is 11.4. The first-order chi connectivity index (χ1) is 11.7. The average Bonchev–Trinajstić information content (AvgIpc) is 2.79. The highest BCUT2D eigenvalue weighted by molar-refractivity contribution is 6.35. The molecule has 0 radical (unpaired) electrons. The van der Waals surface area contributed by atoms with Crippen LogP contribution in [0.2, 0.25) is 10.0 Å². The number of rotatable bonds is 4. The van der Waals surface area contributed by atoms with E-state index in [1.54, 1.807) is 18.2 Å². The minimum Gasteiger partial charge on any atom is -0.482 e. The summed E-state index contributed by atoms with van der Waals surface area (Å²) in [6.07, 6.45) is 4.60. The number of hydrogen-bond donors (Lipinski definition) is 0. The molecule has 3 rings (SSSR count). The van der Waals surface area contributed by atoms with Gasteiger partial charge >= 0.3 is 0 Å². The summed E-state index contributed by atoms with van der Waals surface area (Å²) in [6, 6.07) is 7.10. The number of aromatic nitrogens is 1. The minimum absolute atomic E-state index is 0.101. The SMILES string of the molecule is N#Cc1nc(COc2ccc(Cl)cc2Cl)oc1N1CCCCCC1. The van der Waals surface area contributed by atoms with Gasteiger partial charge in [-0.2, -0.15) is 10.2 Å². The average molecular weight is 366 g/mol. The molecular formula is C17H17Cl2N3O2. The number of ether oxygens (including phenoxy) is 1. The Morgan fingerprint density at radius 2 is 1.96 bits per heavy atom. The van der Waals surface area contributed by atoms with Crippen LogP contribution in [0.1, 0.15) is 37.3 Å². The Balaban J connectivity index is 1.73. The maximum Gasteiger partial charge on any atom is 0.236 e. The van der Waals surface area contributed by atoms with Crippen molar-refractivity contribution in [1.29, 1.82) is 5.26 Å². The summed E-state index contributed by atoms with van der Waals surface area (Å²) in [5.41, 5.74) is 0.303. The van der Waals surface area contributed by atoms with E-state index in [9.17, 15) is 5.26 Å². The molecule has 7 heteroatoms. The second-order valence-corrected chi connectivity index (χ2v) is 6.48. The van der Waals surface area contributed by atoms with E-state index in [1.807, 2.05) is 0 Å². The highest BCUT2D eigenvalue weighted by atomic mass is 35.5. The zero-order chi connectivity index (χ0) is 16.9. The van der Waals surface area contributed by atoms with Crippen molar-refractivity contribution < 1.29 is 9.15 Å². The number of anilines is 1. The monoisotopic (exact) mass is 365 g/mol. The van der Waals surface area contributed by atoms with Crippen molar-refractivity contribution in [3.05, 3.63) is 39.8 Å². The lowest BCUT2D eigenvalue weighted by Gasteiger charge is -2.18. The Labute approximate surface area is 150 Å². The van der Waals surface area contributed by atoms with Crippen LogP contribution in [0, 0.1) is 11.3 Å². The molecule has 2 aromatic rings. The summed E-state index contributed by atoms with van der Waals surface area (Å²) >= 11 is 11.9. The first-order valence-electron chi connectivity index (χ1n) is 7.90. The smallest absolute Gasteiger partial charge is 0.236 e. The molecule has 5 nitrogen and oxygen atoms in total. The van der Waals surface area contributed by atoms with Gasteiger partial charge in [-0.15, -0.1) is 0 Å². The Morgan fingerprint density at radius 3 is 2.62 bits per heavy atom. The number of hydrogen-bond acceptors (Lipinski definition) is 5. The van der Waals surface area contributed by atoms with E-state index in [0.29, 0.717) is 33.3 Å². The van der Waals surface area contributed by atoms with E-state index in [4.69, 9.17) is 32.4 Å². The summed E-state index contributed by atoms with van der Waals surface area (Å²) in [4.78, 5) is 6.33. The van der Waals surface area contributed by atoms with Crippen molar-refractivity contribution in [3.8, 4) is 11.8 Å². The quantitative estimate of drug-likeness (QED) is 0.777. The van der Waals surface area contributed by atoms with E-state index in [-0.39, 0.29) is 6.61 Å². The molecule has 1 aromatic carbocycles. The van der Waals surface area contributed by atoms with Gasteiger partial charge in [0.15, 0.2) is 6.61 Å². The summed E-state index contributed by atoms with van der Waals surface area (Å²) in [7, 11) is 0. The van der Waals surface area contributed by atoms with Crippen LogP contribution in [0.15, 0.2) is 22.6 Å². The second kappa shape index (κ2) is 7.78. The maximum atomic E-state index is 9.32. The van der Waals surface area contributed by atoms with E-state index in [0.717, 1.165) is 25.9 Å². The number of halogens is 2. The molecule has 0 saturated carbocycles. The molecule has 24 heavy (non-hydrogen) atoms. The minimum atomic E-state index is 0.101. The van der Waals surface area contributed by atoms with Crippen LogP contribution in [0.25, 0.3) is 0 Å². The van der Waals surface area contributed by atoms with Gasteiger partial charge in [-0.05, 0) is 31.0 Å². The molecule has 0 unspecified atom stereocenters. The van der Waals surface area contributed by atoms with Crippen LogP contribution in [-0.4, -0.2) is 18.1 Å². The molecule has 1 aromatic heterocycles. The predicted octanol–water partition coefficient (Wildman–Crippen LogP) is 4.81. The molecule has 1 aliphatic rings. The van der Waals surface area contributed by atoms with Gasteiger partial charge in [-0.25, -0.2) is 0 Å². The van der Waals surface area contributed by atoms with Gasteiger partial charge in [0.1, 0.15) is 11.8 Å². The van der Waals surface area contributed by atoms with Crippen LogP contribution in [0.4, 0.5) is 5.88 Å². The fourth-order valence-electron chi connectivity index (χ4n) is 2.71. The molecule has 1 fully saturated rings. The molecule has 0 N–H and O–H groups in total. The largest absolute Gasteiger partial charge is 0.482 e. The van der Waals surface area contributed by atoms with E-state index in [2.05, 4.69) is 16.0 Å². The Kier molecular flexibility index (Phi) is 5.49. The highest BCUT2D eigenvalue weighted by Gasteiger charge is 2.21. The molecule has 0 aliphatic carbocycles. The van der Waals surface area contributed by atoms with Crippen LogP contribution < -0.4 is 9.64 Å². The molecule has 0 spiro atoms. The zero-order valence-electron chi connectivity index (χ0n) is 13.1. The van der Waals surface area contributed by atoms with Gasteiger partial charge in [-0.3, -0.25) is 0 Å². The fraction of sp³-hybridized carbons (Fsp3) is 0.412. The van der Waals surface area contributed by atoms with Crippen molar-refractivity contribution in [2.45, 2.75) is 32.3 Å². The molecule has 1 saturated heterocycles. The van der Waals surface area contributed by atoms with Crippen LogP contribution in [0.5, 0.6) is 5.75 Å². The molecule has 126 valence electrons. The van der Waals surface area contributed by atoms with Gasteiger partial charge in [0.05, 0.1) is 5.02 Å². The molecule has 0 bridgehead atoms. The standard InChI is InChI=1S/C17H17Cl2N3O2/c18-12-5-6-15(13(19)9-12)23-11-16-21-14(10-20)17(24-16)22-7-3-1-2-4-8-22/h5-6,9H,1-4,7-8,11H2. The van der Waals surface area contributed by atoms with Gasteiger partial charge in [0.25, 0.3) is 0 Å². The van der Waals surface area contributed by atoms with Crippen molar-refractivity contribution >= 4 is 29.1 Å². The van der Waals surface area contributed by atoms with Crippen molar-refractivity contribution in [2.24, 2.45) is 0 Å². The van der Waals surface area contributed by atoms with Gasteiger partial charge < -0.3 is 14.1 Å². The zero-order valence-corrected chi connectivity index (χ0v) is 14.6. The third-order valence-corrected chi connectivity index (χ3v) is 4.43. The van der Waals surface area contributed by atoms with Crippen molar-refractivity contribution in [3.63, 3.8) is 0 Å². The van der Waals surface area contributed by atoms with E-state index in [1.165, 1.54) is 12.8 Å². The molecule has 0 atom stereocenters. The Bertz CT molecular complexity index is 747. The highest BCUT2D eigenvalue weighted by Crippen LogP contribution is 2.29. The van der Waals surface area contributed by atoms with Crippen LogP contribution in [-0.2, 0) is 6.61 Å². The fourth-order valence-corrected chi connectivity index (χ4v) is 3.17. The molecule has 1 aliphatic heterocycles. The van der Waals surface area contributed by atoms with Gasteiger partial charge in [0, 0.05) is 18.1 Å². The lowest BCUT2D eigenvalue weighted by atomic mass is 10.2. The maximum absolute atomic E-state index is 9.32. The first-order valence-corrected chi connectivity index (χ1v) is 8.65. The van der Waals surface area contributed by atoms with Crippen LogP contribution >= 0.6 is 23.2 Å². The van der Waals surface area contributed by atoms with Gasteiger partial charge in [0.2, 0.25) is 17.5 Å². The molecular weight excluding hydrogens is 349 g/mol. The first kappa shape index (κ1) is 16.9. The third-order valence-electron chi connectivity index (χ3n) is 3.90. The van der Waals surface area contributed by atoms with E-state index >= 15 is 0 Å². The molecule has 2 heterocycles. The Morgan fingerprint density at radius 1 is 1.21 bits per heavy atom. The van der Waals surface area contributed by atoms with Crippen molar-refractivity contribution in [1.82, 2.24) is 4.98 Å². The van der Waals surface area contributed by atoms with E-state index < -0.39 is 0 Å².